The highest BCUT2D eigenvalue weighted by molar-refractivity contribution is 5.96. The lowest BCUT2D eigenvalue weighted by Crippen LogP contribution is -2.52. The van der Waals surface area contributed by atoms with Gasteiger partial charge in [-0.3, -0.25) is 4.79 Å². The number of fused-ring (bicyclic) bond motifs is 5. The molecule has 1 saturated heterocycles. The van der Waals surface area contributed by atoms with E-state index >= 15 is 0 Å². The minimum absolute atomic E-state index is 0.0374. The lowest BCUT2D eigenvalue weighted by atomic mass is 9.47. The van der Waals surface area contributed by atoms with E-state index in [1.54, 1.807) is 0 Å². The van der Waals surface area contributed by atoms with Gasteiger partial charge in [-0.2, -0.15) is 0 Å². The molecule has 6 heteroatoms. The molecule has 1 heterocycles. The number of hydrogen-bond donors (Lipinski definition) is 2. The number of nitrogens with zero attached hydrogens (tertiary/aromatic N) is 2. The molecule has 4 fully saturated rings. The summed E-state index contributed by atoms with van der Waals surface area (Å²) in [5.41, 5.74) is 4.30. The average Bonchev–Trinajstić information content (AvgIpc) is 3.30. The van der Waals surface area contributed by atoms with Gasteiger partial charge >= 0.3 is 0 Å². The first-order chi connectivity index (χ1) is 20.6. The second kappa shape index (κ2) is 12.0. The summed E-state index contributed by atoms with van der Waals surface area (Å²) in [6.45, 7) is 11.2. The van der Waals surface area contributed by atoms with E-state index in [9.17, 15) is 9.90 Å². The third-order valence-electron chi connectivity index (χ3n) is 13.5. The summed E-state index contributed by atoms with van der Waals surface area (Å²) in [6, 6.07) is 11.4. The lowest BCUT2D eigenvalue weighted by Gasteiger charge is -2.57. The minimum atomic E-state index is -0.117. The Kier molecular flexibility index (Phi) is 8.58. The van der Waals surface area contributed by atoms with Gasteiger partial charge in [-0.05, 0) is 124 Å². The fraction of sp³-hybridized carbons (Fsp3) is 0.730. The number of rotatable bonds is 7. The molecule has 1 aromatic rings. The third-order valence-corrected chi connectivity index (χ3v) is 13.5. The molecule has 4 aliphatic carbocycles. The Bertz CT molecular complexity index is 1230. The maximum atomic E-state index is 12.8. The van der Waals surface area contributed by atoms with Crippen molar-refractivity contribution >= 4 is 11.6 Å². The van der Waals surface area contributed by atoms with Crippen LogP contribution in [0.25, 0.3) is 0 Å². The first kappa shape index (κ1) is 30.8. The molecular formula is C37H55N3O3. The van der Waals surface area contributed by atoms with Crippen LogP contribution < -0.4 is 5.32 Å². The van der Waals surface area contributed by atoms with Gasteiger partial charge in [0.15, 0.2) is 6.61 Å². The number of likely N-dealkylation sites (tertiary alicyclic amines) is 1. The highest BCUT2D eigenvalue weighted by atomic mass is 16.6. The molecule has 6 nitrogen and oxygen atoms in total. The van der Waals surface area contributed by atoms with Crippen molar-refractivity contribution in [3.8, 4) is 0 Å². The van der Waals surface area contributed by atoms with Crippen LogP contribution >= 0.6 is 0 Å². The van der Waals surface area contributed by atoms with Crippen LogP contribution in [0.2, 0.25) is 0 Å². The van der Waals surface area contributed by atoms with Crippen LogP contribution in [0.3, 0.4) is 0 Å². The van der Waals surface area contributed by atoms with Crippen molar-refractivity contribution in [2.75, 3.05) is 26.7 Å². The van der Waals surface area contributed by atoms with E-state index in [0.717, 1.165) is 63.1 Å². The highest BCUT2D eigenvalue weighted by Gasteiger charge is 2.58. The fourth-order valence-electron chi connectivity index (χ4n) is 10.6. The number of carbonyl (C=O) groups is 1. The lowest BCUT2D eigenvalue weighted by molar-refractivity contribution is -0.125. The molecule has 43 heavy (non-hydrogen) atoms. The number of oxime groups is 1. The molecule has 1 amide bonds. The smallest absolute Gasteiger partial charge is 0.260 e. The van der Waals surface area contributed by atoms with Gasteiger partial charge in [0, 0.05) is 24.5 Å². The topological polar surface area (TPSA) is 74.2 Å². The monoisotopic (exact) mass is 589 g/mol. The number of benzene rings is 1. The van der Waals surface area contributed by atoms with Crippen LogP contribution in [-0.4, -0.2) is 60.5 Å². The molecular weight excluding hydrogens is 534 g/mol. The van der Waals surface area contributed by atoms with Crippen LogP contribution in [0.5, 0.6) is 0 Å². The number of nitrogens with one attached hydrogen (secondary N) is 1. The van der Waals surface area contributed by atoms with Gasteiger partial charge in [0.25, 0.3) is 5.91 Å². The predicted octanol–water partition coefficient (Wildman–Crippen LogP) is 6.49. The standard InChI is InChI=1S/C37H55N3O3/c1-25-23-40(5)26(2)22-37(25,27-9-7-6-8-10-27)19-20-38-34(42)24-43-39-29-15-17-35(3)28(21-29)11-12-30-31-13-14-33(41)36(31,4)18-16-32(30)35/h6-10,21,25-26,30-33,41H,11-20,22-24H2,1-5H3,(H,38,42). The number of hydrogen-bond acceptors (Lipinski definition) is 5. The van der Waals surface area contributed by atoms with Crippen molar-refractivity contribution in [2.45, 2.75) is 109 Å². The Morgan fingerprint density at radius 3 is 2.65 bits per heavy atom. The molecule has 1 aliphatic heterocycles. The first-order valence-electron chi connectivity index (χ1n) is 17.2. The summed E-state index contributed by atoms with van der Waals surface area (Å²) >= 11 is 0. The molecule has 3 saturated carbocycles. The molecule has 9 unspecified atom stereocenters. The number of aliphatic hydroxyl groups is 1. The van der Waals surface area contributed by atoms with Gasteiger partial charge in [0.1, 0.15) is 0 Å². The quantitative estimate of drug-likeness (QED) is 0.357. The van der Waals surface area contributed by atoms with E-state index in [1.165, 1.54) is 30.4 Å². The Morgan fingerprint density at radius 1 is 1.07 bits per heavy atom. The van der Waals surface area contributed by atoms with E-state index in [4.69, 9.17) is 4.84 Å². The summed E-state index contributed by atoms with van der Waals surface area (Å²) < 4.78 is 0. The highest BCUT2D eigenvalue weighted by Crippen LogP contribution is 2.65. The van der Waals surface area contributed by atoms with Crippen LogP contribution in [-0.2, 0) is 15.0 Å². The molecule has 0 spiro atoms. The first-order valence-corrected chi connectivity index (χ1v) is 17.2. The van der Waals surface area contributed by atoms with E-state index in [1.807, 2.05) is 0 Å². The molecule has 0 bridgehead atoms. The zero-order valence-corrected chi connectivity index (χ0v) is 27.3. The maximum absolute atomic E-state index is 12.8. The molecule has 0 radical (unpaired) electrons. The van der Waals surface area contributed by atoms with Crippen molar-refractivity contribution in [1.29, 1.82) is 0 Å². The zero-order chi connectivity index (χ0) is 30.4. The largest absolute Gasteiger partial charge is 0.393 e. The maximum Gasteiger partial charge on any atom is 0.260 e. The van der Waals surface area contributed by atoms with Crippen molar-refractivity contribution in [3.63, 3.8) is 0 Å². The molecule has 6 rings (SSSR count). The second-order valence-electron chi connectivity index (χ2n) is 15.5. The van der Waals surface area contributed by atoms with Crippen molar-refractivity contribution < 1.29 is 14.7 Å². The second-order valence-corrected chi connectivity index (χ2v) is 15.5. The van der Waals surface area contributed by atoms with E-state index in [-0.39, 0.29) is 34.9 Å². The molecule has 236 valence electrons. The number of amides is 1. The van der Waals surface area contributed by atoms with Gasteiger partial charge in [-0.1, -0.05) is 61.8 Å². The van der Waals surface area contributed by atoms with Crippen LogP contribution in [0, 0.1) is 34.5 Å². The summed E-state index contributed by atoms with van der Waals surface area (Å²) in [5.74, 6) is 2.51. The molecule has 9 atom stereocenters. The summed E-state index contributed by atoms with van der Waals surface area (Å²) in [5, 5.41) is 18.3. The van der Waals surface area contributed by atoms with Gasteiger partial charge in [-0.15, -0.1) is 0 Å². The third kappa shape index (κ3) is 5.49. The zero-order valence-electron chi connectivity index (χ0n) is 27.3. The van der Waals surface area contributed by atoms with Crippen molar-refractivity contribution in [2.24, 2.45) is 39.7 Å². The summed E-state index contributed by atoms with van der Waals surface area (Å²) in [4.78, 5) is 20.9. The summed E-state index contributed by atoms with van der Waals surface area (Å²) in [7, 11) is 2.22. The van der Waals surface area contributed by atoms with E-state index in [0.29, 0.717) is 30.3 Å². The molecule has 0 aromatic heterocycles. The SMILES string of the molecule is CC1CC(CCNC(=O)CON=C2C=C3CCC4C(CCC5(C)C(O)CCC45)C3(C)CC2)(c2ccccc2)C(C)CN1C. The molecule has 2 N–H and O–H groups in total. The number of aliphatic hydroxyl groups excluding tert-OH is 1. The van der Waals surface area contributed by atoms with Crippen LogP contribution in [0.1, 0.15) is 97.5 Å². The Balaban J connectivity index is 1.03. The fourth-order valence-corrected chi connectivity index (χ4v) is 10.6. The minimum Gasteiger partial charge on any atom is -0.393 e. The van der Waals surface area contributed by atoms with Gasteiger partial charge < -0.3 is 20.2 Å². The number of piperidine rings is 1. The van der Waals surface area contributed by atoms with Gasteiger partial charge in [-0.25, -0.2) is 0 Å². The van der Waals surface area contributed by atoms with Crippen molar-refractivity contribution in [1.82, 2.24) is 10.2 Å². The Morgan fingerprint density at radius 2 is 1.86 bits per heavy atom. The molecule has 5 aliphatic rings. The Hall–Kier alpha value is -2.18. The number of carbonyl (C=O) groups excluding carboxylic acids is 1. The van der Waals surface area contributed by atoms with Crippen molar-refractivity contribution in [3.05, 3.63) is 47.5 Å². The number of allylic oxidation sites excluding steroid dienone is 2. The van der Waals surface area contributed by atoms with E-state index < -0.39 is 0 Å². The van der Waals surface area contributed by atoms with Gasteiger partial charge in [0.2, 0.25) is 0 Å². The predicted molar refractivity (Wildman–Crippen MR) is 173 cm³/mol. The normalized spacial score (nSPS) is 42.0. The van der Waals surface area contributed by atoms with E-state index in [2.05, 4.69) is 86.5 Å². The van der Waals surface area contributed by atoms with Gasteiger partial charge in [0.05, 0.1) is 11.8 Å². The molecule has 1 aromatic carbocycles. The Labute approximate surface area is 259 Å². The van der Waals surface area contributed by atoms with Crippen LogP contribution in [0.15, 0.2) is 47.1 Å². The average molecular weight is 590 g/mol. The van der Waals surface area contributed by atoms with Crippen LogP contribution in [0.4, 0.5) is 0 Å². The summed E-state index contributed by atoms with van der Waals surface area (Å²) in [6.07, 6.45) is 13.1.